The Bertz CT molecular complexity index is 1060. The fraction of sp³-hybridized carbons (Fsp3) is 0.150. The fourth-order valence-electron chi connectivity index (χ4n) is 2.91. The number of rotatable bonds is 4. The fourth-order valence-corrected chi connectivity index (χ4v) is 4.27. The van der Waals surface area contributed by atoms with Gasteiger partial charge < -0.3 is 5.32 Å². The van der Waals surface area contributed by atoms with Gasteiger partial charge >= 0.3 is 0 Å². The van der Waals surface area contributed by atoms with E-state index in [1.165, 1.54) is 16.0 Å². The highest BCUT2D eigenvalue weighted by Crippen LogP contribution is 2.41. The van der Waals surface area contributed by atoms with Crippen molar-refractivity contribution in [2.45, 2.75) is 20.3 Å². The summed E-state index contributed by atoms with van der Waals surface area (Å²) in [6, 6.07) is 12.4. The quantitative estimate of drug-likeness (QED) is 0.427. The summed E-state index contributed by atoms with van der Waals surface area (Å²) < 4.78 is 1.07. The van der Waals surface area contributed by atoms with Crippen LogP contribution in [0.5, 0.6) is 0 Å². The maximum Gasteiger partial charge on any atom is 0.144 e. The van der Waals surface area contributed by atoms with Crippen molar-refractivity contribution in [1.29, 1.82) is 0 Å². The van der Waals surface area contributed by atoms with Crippen molar-refractivity contribution in [3.8, 4) is 11.1 Å². The molecule has 1 N–H and O–H groups in total. The van der Waals surface area contributed by atoms with E-state index >= 15 is 0 Å². The molecule has 0 spiro atoms. The number of aromatic nitrogens is 3. The first-order chi connectivity index (χ1) is 12.7. The van der Waals surface area contributed by atoms with Gasteiger partial charge in [-0.3, -0.25) is 0 Å². The third kappa shape index (κ3) is 3.22. The Morgan fingerprint density at radius 3 is 2.54 bits per heavy atom. The van der Waals surface area contributed by atoms with Crippen LogP contribution in [0.3, 0.4) is 0 Å². The highest BCUT2D eigenvalue weighted by Gasteiger charge is 2.18. The van der Waals surface area contributed by atoms with Gasteiger partial charge in [-0.1, -0.05) is 41.1 Å². The van der Waals surface area contributed by atoms with Crippen molar-refractivity contribution in [1.82, 2.24) is 15.0 Å². The summed E-state index contributed by atoms with van der Waals surface area (Å²) in [7, 11) is 0. The minimum Gasteiger partial charge on any atom is -0.324 e. The molecular weight excluding hydrogens is 408 g/mol. The van der Waals surface area contributed by atoms with Crippen molar-refractivity contribution in [2.24, 2.45) is 0 Å². The number of aryl methyl sites for hydroxylation is 2. The minimum absolute atomic E-state index is 0.779. The molecule has 0 radical (unpaired) electrons. The molecule has 4 aromatic rings. The van der Waals surface area contributed by atoms with E-state index in [1.807, 2.05) is 25.3 Å². The number of nitrogens with one attached hydrogen (secondary N) is 1. The van der Waals surface area contributed by atoms with Crippen LogP contribution in [0.25, 0.3) is 21.3 Å². The molecule has 130 valence electrons. The molecule has 1 aromatic carbocycles. The lowest BCUT2D eigenvalue weighted by atomic mass is 10.0. The van der Waals surface area contributed by atoms with Crippen molar-refractivity contribution >= 4 is 49.1 Å². The highest BCUT2D eigenvalue weighted by atomic mass is 79.9. The molecule has 0 fully saturated rings. The topological polar surface area (TPSA) is 50.7 Å². The van der Waals surface area contributed by atoms with Gasteiger partial charge in [0.05, 0.1) is 5.39 Å². The summed E-state index contributed by atoms with van der Waals surface area (Å²) in [5.74, 6) is 1.57. The zero-order chi connectivity index (χ0) is 18.1. The third-order valence-corrected chi connectivity index (χ3v) is 5.94. The average Bonchev–Trinajstić information content (AvgIpc) is 3.04. The van der Waals surface area contributed by atoms with Gasteiger partial charge in [0.2, 0.25) is 0 Å². The Morgan fingerprint density at radius 2 is 1.85 bits per heavy atom. The molecule has 0 atom stereocenters. The van der Waals surface area contributed by atoms with Gasteiger partial charge in [-0.05, 0) is 42.7 Å². The van der Waals surface area contributed by atoms with E-state index in [-0.39, 0.29) is 0 Å². The first-order valence-electron chi connectivity index (χ1n) is 8.37. The van der Waals surface area contributed by atoms with Gasteiger partial charge in [-0.2, -0.15) is 0 Å². The molecule has 0 aliphatic rings. The van der Waals surface area contributed by atoms with Crippen molar-refractivity contribution in [2.75, 3.05) is 5.32 Å². The van der Waals surface area contributed by atoms with E-state index in [0.717, 1.165) is 38.3 Å². The summed E-state index contributed by atoms with van der Waals surface area (Å²) >= 11 is 5.24. The van der Waals surface area contributed by atoms with E-state index in [2.05, 4.69) is 67.4 Å². The molecule has 0 saturated carbocycles. The molecule has 0 aliphatic heterocycles. The second-order valence-electron chi connectivity index (χ2n) is 6.01. The monoisotopic (exact) mass is 424 g/mol. The molecule has 0 saturated heterocycles. The van der Waals surface area contributed by atoms with Crippen LogP contribution in [0.4, 0.5) is 11.6 Å². The molecule has 6 heteroatoms. The number of thiophene rings is 1. The number of fused-ring (bicyclic) bond motifs is 1. The van der Waals surface area contributed by atoms with E-state index < -0.39 is 0 Å². The molecule has 0 bridgehead atoms. The minimum atomic E-state index is 0.779. The van der Waals surface area contributed by atoms with Crippen LogP contribution in [0, 0.1) is 6.92 Å². The third-order valence-electron chi connectivity index (χ3n) is 4.17. The Morgan fingerprint density at radius 1 is 1.04 bits per heavy atom. The number of nitrogens with zero attached hydrogens (tertiary/aromatic N) is 3. The maximum absolute atomic E-state index is 4.51. The van der Waals surface area contributed by atoms with Crippen LogP contribution >= 0.6 is 27.3 Å². The highest BCUT2D eigenvalue weighted by molar-refractivity contribution is 9.10. The van der Waals surface area contributed by atoms with Gasteiger partial charge in [-0.25, -0.2) is 15.0 Å². The van der Waals surface area contributed by atoms with Crippen LogP contribution in [0.2, 0.25) is 0 Å². The Kier molecular flexibility index (Phi) is 4.70. The van der Waals surface area contributed by atoms with Gasteiger partial charge in [0.25, 0.3) is 0 Å². The van der Waals surface area contributed by atoms with Gasteiger partial charge in [0.1, 0.15) is 22.8 Å². The summed E-state index contributed by atoms with van der Waals surface area (Å²) in [4.78, 5) is 15.8. The van der Waals surface area contributed by atoms with Crippen molar-refractivity contribution < 1.29 is 0 Å². The zero-order valence-electron chi connectivity index (χ0n) is 14.5. The van der Waals surface area contributed by atoms with Gasteiger partial charge in [0.15, 0.2) is 0 Å². The number of pyridine rings is 1. The van der Waals surface area contributed by atoms with Gasteiger partial charge in [0, 0.05) is 21.1 Å². The second kappa shape index (κ2) is 7.13. The Hall–Kier alpha value is -2.31. The second-order valence-corrected chi connectivity index (χ2v) is 8.01. The first-order valence-corrected chi connectivity index (χ1v) is 9.98. The van der Waals surface area contributed by atoms with E-state index in [0.29, 0.717) is 0 Å². The lowest BCUT2D eigenvalue weighted by Gasteiger charge is -2.09. The van der Waals surface area contributed by atoms with Crippen LogP contribution in [0.1, 0.15) is 17.4 Å². The van der Waals surface area contributed by atoms with Crippen molar-refractivity contribution in [3.05, 3.63) is 63.8 Å². The normalized spacial score (nSPS) is 11.0. The summed E-state index contributed by atoms with van der Waals surface area (Å²) in [6.45, 7) is 4.20. The summed E-state index contributed by atoms with van der Waals surface area (Å²) in [5.41, 5.74) is 3.50. The van der Waals surface area contributed by atoms with Crippen LogP contribution in [0.15, 0.2) is 53.4 Å². The molecule has 0 amide bonds. The number of anilines is 2. The van der Waals surface area contributed by atoms with Crippen molar-refractivity contribution in [3.63, 3.8) is 0 Å². The van der Waals surface area contributed by atoms with Gasteiger partial charge in [-0.15, -0.1) is 11.3 Å². The Labute approximate surface area is 164 Å². The first kappa shape index (κ1) is 17.1. The molecule has 0 unspecified atom stereocenters. The molecule has 3 heterocycles. The number of benzene rings is 1. The number of hydrogen-bond acceptors (Lipinski definition) is 5. The lowest BCUT2D eigenvalue weighted by Crippen LogP contribution is -1.98. The standard InChI is InChI=1S/C20H17BrN4S/c1-3-15-17(13-5-7-14(21)8-6-13)18-19(23-11-24-20(18)26-15)25-16-9-4-12(2)10-22-16/h4-11H,3H2,1-2H3,(H,22,23,24,25). The summed E-state index contributed by atoms with van der Waals surface area (Å²) in [5, 5.41) is 4.42. The molecule has 4 rings (SSSR count). The zero-order valence-corrected chi connectivity index (χ0v) is 16.9. The molecule has 3 aromatic heterocycles. The number of hydrogen-bond donors (Lipinski definition) is 1. The number of halogens is 1. The van der Waals surface area contributed by atoms with E-state index in [9.17, 15) is 0 Å². The van der Waals surface area contributed by atoms with Crippen LogP contribution in [-0.4, -0.2) is 15.0 Å². The van der Waals surface area contributed by atoms with E-state index in [1.54, 1.807) is 17.7 Å². The summed E-state index contributed by atoms with van der Waals surface area (Å²) in [6.07, 6.45) is 4.41. The average molecular weight is 425 g/mol. The SMILES string of the molecule is CCc1sc2ncnc(Nc3ccc(C)cn3)c2c1-c1ccc(Br)cc1. The maximum atomic E-state index is 4.51. The van der Waals surface area contributed by atoms with E-state index in [4.69, 9.17) is 0 Å². The molecule has 4 nitrogen and oxygen atoms in total. The lowest BCUT2D eigenvalue weighted by molar-refractivity contribution is 1.19. The largest absolute Gasteiger partial charge is 0.324 e. The molecule has 26 heavy (non-hydrogen) atoms. The Balaban J connectivity index is 1.89. The molecule has 0 aliphatic carbocycles. The predicted molar refractivity (Wildman–Crippen MR) is 112 cm³/mol. The smallest absolute Gasteiger partial charge is 0.144 e. The molecular formula is C20H17BrN4S. The predicted octanol–water partition coefficient (Wildman–Crippen LogP) is 6.13. The van der Waals surface area contributed by atoms with Crippen LogP contribution < -0.4 is 5.32 Å². The van der Waals surface area contributed by atoms with Crippen LogP contribution in [-0.2, 0) is 6.42 Å².